The second-order valence-electron chi connectivity index (χ2n) is 2.36. The van der Waals surface area contributed by atoms with Crippen LogP contribution in [0.2, 0.25) is 0 Å². The Bertz CT molecular complexity index is 161. The minimum absolute atomic E-state index is 0.679. The van der Waals surface area contributed by atoms with Crippen LogP contribution in [-0.2, 0) is 9.37 Å². The zero-order valence-corrected chi connectivity index (χ0v) is 8.49. The second-order valence-corrected chi connectivity index (χ2v) is 3.55. The number of nitrogens with zero attached hydrogens (tertiary/aromatic N) is 1. The van der Waals surface area contributed by atoms with Gasteiger partial charge in [-0.25, -0.2) is 5.26 Å². The highest BCUT2D eigenvalue weighted by Gasteiger charge is 2.10. The van der Waals surface area contributed by atoms with Gasteiger partial charge in [0, 0.05) is 24.3 Å². The van der Waals surface area contributed by atoms with Crippen LogP contribution in [0.25, 0.3) is 0 Å². The van der Waals surface area contributed by atoms with Crippen molar-refractivity contribution in [3.8, 4) is 0 Å². The second kappa shape index (κ2) is 6.35. The fraction of sp³-hybridized carbons (Fsp3) is 0.800. The van der Waals surface area contributed by atoms with Crippen molar-refractivity contribution in [2.45, 2.75) is 0 Å². The molecule has 0 radical (unpaired) electrons. The van der Waals surface area contributed by atoms with E-state index < -0.39 is 0 Å². The zero-order valence-electron chi connectivity index (χ0n) is 6.86. The van der Waals surface area contributed by atoms with Crippen molar-refractivity contribution in [3.05, 3.63) is 0 Å². The third-order valence-corrected chi connectivity index (χ3v) is 2.29. The van der Waals surface area contributed by atoms with Gasteiger partial charge in [0.15, 0.2) is 5.11 Å². The van der Waals surface area contributed by atoms with E-state index in [1.807, 2.05) is 0 Å². The molecule has 0 saturated carbocycles. The van der Waals surface area contributed by atoms with Crippen LogP contribution in [0.3, 0.4) is 0 Å². The maximum atomic E-state index is 7.84. The SMILES string of the molecule is OOOSCCN1CNC(=S)NC1. The molecule has 1 saturated heterocycles. The van der Waals surface area contributed by atoms with Gasteiger partial charge in [0.05, 0.1) is 13.3 Å². The molecule has 0 aromatic carbocycles. The van der Waals surface area contributed by atoms with Gasteiger partial charge in [-0.2, -0.15) is 0 Å². The molecule has 76 valence electrons. The van der Waals surface area contributed by atoms with Crippen molar-refractivity contribution in [3.63, 3.8) is 0 Å². The lowest BCUT2D eigenvalue weighted by Gasteiger charge is -2.28. The standard InChI is InChI=1S/C5H11N3O3S2/c9-10-11-13-2-1-8-3-6-5(12)7-4-8/h9H,1-4H2,(H2,6,7,12). The Balaban J connectivity index is 1.99. The lowest BCUT2D eigenvalue weighted by Crippen LogP contribution is -2.54. The minimum atomic E-state index is 0.679. The van der Waals surface area contributed by atoms with E-state index in [1.165, 1.54) is 0 Å². The Hall–Kier alpha value is -0.120. The first-order valence-electron chi connectivity index (χ1n) is 3.66. The van der Waals surface area contributed by atoms with Crippen molar-refractivity contribution < 1.29 is 14.6 Å². The molecule has 1 aliphatic rings. The van der Waals surface area contributed by atoms with E-state index in [4.69, 9.17) is 17.5 Å². The molecule has 8 heteroatoms. The third kappa shape index (κ3) is 4.60. The maximum Gasteiger partial charge on any atom is 0.168 e. The first-order chi connectivity index (χ1) is 6.33. The summed E-state index contributed by atoms with van der Waals surface area (Å²) in [7, 11) is 0. The highest BCUT2D eigenvalue weighted by molar-refractivity contribution is 7.94. The molecule has 0 unspecified atom stereocenters. The maximum absolute atomic E-state index is 7.84. The van der Waals surface area contributed by atoms with Crippen LogP contribution in [0.15, 0.2) is 0 Å². The molecule has 0 amide bonds. The fourth-order valence-electron chi connectivity index (χ4n) is 0.866. The van der Waals surface area contributed by atoms with Crippen molar-refractivity contribution in [2.75, 3.05) is 25.6 Å². The Morgan fingerprint density at radius 2 is 2.23 bits per heavy atom. The van der Waals surface area contributed by atoms with Gasteiger partial charge in [-0.3, -0.25) is 4.90 Å². The van der Waals surface area contributed by atoms with Gasteiger partial charge < -0.3 is 10.6 Å². The molecule has 1 heterocycles. The van der Waals surface area contributed by atoms with E-state index in [1.54, 1.807) is 0 Å². The summed E-state index contributed by atoms with van der Waals surface area (Å²) in [5.41, 5.74) is 0. The van der Waals surface area contributed by atoms with E-state index in [0.717, 1.165) is 31.9 Å². The summed E-state index contributed by atoms with van der Waals surface area (Å²) < 4.78 is 4.22. The van der Waals surface area contributed by atoms with E-state index in [2.05, 4.69) is 24.9 Å². The molecule has 0 aliphatic carbocycles. The van der Waals surface area contributed by atoms with Crippen molar-refractivity contribution >= 4 is 29.4 Å². The van der Waals surface area contributed by atoms with E-state index in [-0.39, 0.29) is 0 Å². The Morgan fingerprint density at radius 3 is 2.85 bits per heavy atom. The van der Waals surface area contributed by atoms with E-state index in [0.29, 0.717) is 10.9 Å². The van der Waals surface area contributed by atoms with Gasteiger partial charge in [0.25, 0.3) is 0 Å². The van der Waals surface area contributed by atoms with Crippen LogP contribution in [0.5, 0.6) is 0 Å². The topological polar surface area (TPSA) is 66.0 Å². The third-order valence-electron chi connectivity index (χ3n) is 1.50. The lowest BCUT2D eigenvalue weighted by atomic mass is 10.6. The molecular weight excluding hydrogens is 214 g/mol. The first-order valence-corrected chi connectivity index (χ1v) is 4.98. The van der Waals surface area contributed by atoms with Gasteiger partial charge in [0.2, 0.25) is 0 Å². The molecule has 0 bridgehead atoms. The normalized spacial score (nSPS) is 18.1. The molecule has 0 aromatic heterocycles. The molecule has 6 nitrogen and oxygen atoms in total. The van der Waals surface area contributed by atoms with Gasteiger partial charge in [-0.1, -0.05) is 5.04 Å². The van der Waals surface area contributed by atoms with Crippen LogP contribution in [0.1, 0.15) is 0 Å². The lowest BCUT2D eigenvalue weighted by molar-refractivity contribution is -0.432. The smallest absolute Gasteiger partial charge is 0.168 e. The first kappa shape index (κ1) is 11.0. The Kier molecular flexibility index (Phi) is 5.35. The molecule has 1 fully saturated rings. The number of thiocarbonyl (C=S) groups is 1. The monoisotopic (exact) mass is 225 g/mol. The van der Waals surface area contributed by atoms with Crippen LogP contribution in [0, 0.1) is 0 Å². The molecule has 0 atom stereocenters. The molecule has 13 heavy (non-hydrogen) atoms. The van der Waals surface area contributed by atoms with E-state index in [9.17, 15) is 0 Å². The Labute approximate surface area is 85.6 Å². The molecule has 1 rings (SSSR count). The molecule has 1 aliphatic heterocycles. The van der Waals surface area contributed by atoms with Gasteiger partial charge in [-0.05, 0) is 12.2 Å². The number of hydrogen-bond acceptors (Lipinski definition) is 6. The number of hydrogen-bond donors (Lipinski definition) is 3. The highest BCUT2D eigenvalue weighted by Crippen LogP contribution is 2.02. The van der Waals surface area contributed by atoms with Gasteiger partial charge >= 0.3 is 0 Å². The summed E-state index contributed by atoms with van der Waals surface area (Å²) in [5.74, 6) is 0.705. The molecule has 3 N–H and O–H groups in total. The van der Waals surface area contributed by atoms with Crippen LogP contribution in [0.4, 0.5) is 0 Å². The number of nitrogens with one attached hydrogen (secondary N) is 2. The van der Waals surface area contributed by atoms with Gasteiger partial charge in [-0.15, -0.1) is 4.33 Å². The predicted octanol–water partition coefficient (Wildman–Crippen LogP) is -0.250. The summed E-state index contributed by atoms with van der Waals surface area (Å²) in [6.07, 6.45) is 0. The average molecular weight is 225 g/mol. The fourth-order valence-corrected chi connectivity index (χ4v) is 1.44. The van der Waals surface area contributed by atoms with Crippen molar-refractivity contribution in [1.29, 1.82) is 0 Å². The van der Waals surface area contributed by atoms with Crippen molar-refractivity contribution in [2.24, 2.45) is 0 Å². The summed E-state index contributed by atoms with van der Waals surface area (Å²) in [6, 6.07) is 0. The molecule has 0 aromatic rings. The molecule has 0 spiro atoms. The highest BCUT2D eigenvalue weighted by atomic mass is 32.2. The molecular formula is C5H11N3O3S2. The Morgan fingerprint density at radius 1 is 1.54 bits per heavy atom. The van der Waals surface area contributed by atoms with Crippen molar-refractivity contribution in [1.82, 2.24) is 15.5 Å². The summed E-state index contributed by atoms with van der Waals surface area (Å²) in [4.78, 5) is 2.10. The predicted molar refractivity (Wildman–Crippen MR) is 52.6 cm³/mol. The summed E-state index contributed by atoms with van der Waals surface area (Å²) >= 11 is 5.93. The average Bonchev–Trinajstić information content (AvgIpc) is 2.15. The number of rotatable bonds is 5. The largest absolute Gasteiger partial charge is 0.350 e. The minimum Gasteiger partial charge on any atom is -0.350 e. The van der Waals surface area contributed by atoms with Crippen LogP contribution >= 0.6 is 24.3 Å². The van der Waals surface area contributed by atoms with Gasteiger partial charge in [0.1, 0.15) is 0 Å². The van der Waals surface area contributed by atoms with E-state index >= 15 is 0 Å². The zero-order chi connectivity index (χ0) is 9.52. The van der Waals surface area contributed by atoms with Crippen LogP contribution < -0.4 is 10.6 Å². The summed E-state index contributed by atoms with van der Waals surface area (Å²) in [5, 5.41) is 17.9. The summed E-state index contributed by atoms with van der Waals surface area (Å²) in [6.45, 7) is 2.27. The van der Waals surface area contributed by atoms with Crippen LogP contribution in [-0.4, -0.2) is 40.9 Å². The quantitative estimate of drug-likeness (QED) is 0.195.